The van der Waals surface area contributed by atoms with Gasteiger partial charge >= 0.3 is 6.03 Å². The quantitative estimate of drug-likeness (QED) is 0.813. The average Bonchev–Trinajstić information content (AvgIpc) is 3.24. The summed E-state index contributed by atoms with van der Waals surface area (Å²) in [7, 11) is 0. The summed E-state index contributed by atoms with van der Waals surface area (Å²) in [6.45, 7) is 2.43. The molecule has 23 heavy (non-hydrogen) atoms. The molecule has 118 valence electrons. The summed E-state index contributed by atoms with van der Waals surface area (Å²) in [5.41, 5.74) is 2.73. The van der Waals surface area contributed by atoms with E-state index in [0.29, 0.717) is 0 Å². The van der Waals surface area contributed by atoms with E-state index in [-0.39, 0.29) is 31.1 Å². The lowest BCUT2D eigenvalue weighted by atomic mass is 10.1. The molecular weight excluding hydrogens is 292 g/mol. The van der Waals surface area contributed by atoms with Gasteiger partial charge in [-0.25, -0.2) is 9.48 Å². The normalized spacial score (nSPS) is 18.1. The average molecular weight is 310 g/mol. The molecule has 0 bridgehead atoms. The van der Waals surface area contributed by atoms with E-state index >= 15 is 0 Å². The van der Waals surface area contributed by atoms with Crippen LogP contribution in [0.4, 0.5) is 4.79 Å². The van der Waals surface area contributed by atoms with Crippen molar-refractivity contribution in [3.8, 4) is 5.69 Å². The maximum Gasteiger partial charge on any atom is 0.327 e. The fraction of sp³-hybridized carbons (Fsp3) is 0.353. The largest absolute Gasteiger partial charge is 0.327 e. The standard InChI is InChI=1S/C17H18N4O2/c1-12-8-9-21(18-12)15-5-3-2-4-13(15)10-20-16(22)11-19(17(20)23)14-6-7-14/h2-5,8-9,14H,6-7,10-11H2,1H3. The molecule has 0 unspecified atom stereocenters. The summed E-state index contributed by atoms with van der Waals surface area (Å²) in [6, 6.07) is 9.76. The Labute approximate surface area is 134 Å². The summed E-state index contributed by atoms with van der Waals surface area (Å²) < 4.78 is 1.79. The first kappa shape index (κ1) is 14.0. The van der Waals surface area contributed by atoms with Crippen molar-refractivity contribution in [3.05, 3.63) is 47.8 Å². The molecule has 2 heterocycles. The lowest BCUT2D eigenvalue weighted by Crippen LogP contribution is -2.34. The first-order valence-electron chi connectivity index (χ1n) is 7.85. The minimum atomic E-state index is -0.163. The van der Waals surface area contributed by atoms with Crippen molar-refractivity contribution in [2.75, 3.05) is 6.54 Å². The van der Waals surface area contributed by atoms with Crippen LogP contribution in [0.15, 0.2) is 36.5 Å². The van der Waals surface area contributed by atoms with Crippen molar-refractivity contribution >= 4 is 11.9 Å². The van der Waals surface area contributed by atoms with Crippen LogP contribution in [-0.2, 0) is 11.3 Å². The van der Waals surface area contributed by atoms with E-state index in [1.807, 2.05) is 43.5 Å². The van der Waals surface area contributed by atoms with E-state index in [1.165, 1.54) is 4.90 Å². The van der Waals surface area contributed by atoms with Gasteiger partial charge in [-0.15, -0.1) is 0 Å². The van der Waals surface area contributed by atoms with Gasteiger partial charge in [0.05, 0.1) is 17.9 Å². The molecule has 0 radical (unpaired) electrons. The number of aryl methyl sites for hydroxylation is 1. The zero-order chi connectivity index (χ0) is 16.0. The third kappa shape index (κ3) is 2.50. The van der Waals surface area contributed by atoms with Gasteiger partial charge in [-0.3, -0.25) is 9.69 Å². The Balaban J connectivity index is 1.62. The zero-order valence-electron chi connectivity index (χ0n) is 13.0. The summed E-state index contributed by atoms with van der Waals surface area (Å²) in [5, 5.41) is 4.43. The molecule has 4 rings (SSSR count). The van der Waals surface area contributed by atoms with Gasteiger partial charge in [0.1, 0.15) is 6.54 Å². The van der Waals surface area contributed by atoms with Crippen molar-refractivity contribution in [1.29, 1.82) is 0 Å². The SMILES string of the molecule is Cc1ccn(-c2ccccc2CN2C(=O)CN(C3CC3)C2=O)n1. The summed E-state index contributed by atoms with van der Waals surface area (Å²) in [6.07, 6.45) is 3.91. The van der Waals surface area contributed by atoms with E-state index in [9.17, 15) is 9.59 Å². The zero-order valence-corrected chi connectivity index (χ0v) is 13.0. The highest BCUT2D eigenvalue weighted by Crippen LogP contribution is 2.31. The van der Waals surface area contributed by atoms with Gasteiger partial charge in [0, 0.05) is 12.2 Å². The Morgan fingerprint density at radius 1 is 1.17 bits per heavy atom. The van der Waals surface area contributed by atoms with Crippen LogP contribution in [0.25, 0.3) is 5.69 Å². The van der Waals surface area contributed by atoms with Crippen molar-refractivity contribution in [3.63, 3.8) is 0 Å². The number of carbonyl (C=O) groups is 2. The maximum atomic E-state index is 12.5. The summed E-state index contributed by atoms with van der Waals surface area (Å²) in [4.78, 5) is 27.7. The number of hydrogen-bond donors (Lipinski definition) is 0. The van der Waals surface area contributed by atoms with Crippen LogP contribution in [0, 0.1) is 6.92 Å². The maximum absolute atomic E-state index is 12.5. The molecule has 0 spiro atoms. The Morgan fingerprint density at radius 3 is 2.65 bits per heavy atom. The first-order valence-corrected chi connectivity index (χ1v) is 7.85. The molecule has 0 N–H and O–H groups in total. The molecule has 1 aromatic heterocycles. The number of hydrogen-bond acceptors (Lipinski definition) is 3. The smallest absolute Gasteiger partial charge is 0.312 e. The Hall–Kier alpha value is -2.63. The lowest BCUT2D eigenvalue weighted by Gasteiger charge is -2.18. The number of nitrogens with zero attached hydrogens (tertiary/aromatic N) is 4. The number of carbonyl (C=O) groups excluding carboxylic acids is 2. The molecule has 1 saturated heterocycles. The molecule has 0 atom stereocenters. The molecule has 3 amide bonds. The molecule has 1 aliphatic heterocycles. The van der Waals surface area contributed by atoms with Gasteiger partial charge in [0.25, 0.3) is 5.91 Å². The summed E-state index contributed by atoms with van der Waals surface area (Å²) in [5.74, 6) is -0.117. The summed E-state index contributed by atoms with van der Waals surface area (Å²) >= 11 is 0. The van der Waals surface area contributed by atoms with E-state index < -0.39 is 0 Å². The van der Waals surface area contributed by atoms with Crippen LogP contribution in [0.5, 0.6) is 0 Å². The Morgan fingerprint density at radius 2 is 1.96 bits per heavy atom. The number of rotatable bonds is 4. The molecule has 1 aromatic carbocycles. The van der Waals surface area contributed by atoms with Crippen molar-refractivity contribution in [2.45, 2.75) is 32.4 Å². The Kier molecular flexibility index (Phi) is 3.18. The third-order valence-corrected chi connectivity index (χ3v) is 4.36. The molecule has 1 saturated carbocycles. The minimum absolute atomic E-state index is 0.117. The van der Waals surface area contributed by atoms with Crippen LogP contribution < -0.4 is 0 Å². The number of urea groups is 1. The topological polar surface area (TPSA) is 58.4 Å². The van der Waals surface area contributed by atoms with E-state index in [1.54, 1.807) is 9.58 Å². The van der Waals surface area contributed by atoms with Gasteiger partial charge in [-0.2, -0.15) is 5.10 Å². The van der Waals surface area contributed by atoms with Gasteiger partial charge in [0.15, 0.2) is 0 Å². The monoisotopic (exact) mass is 310 g/mol. The van der Waals surface area contributed by atoms with Crippen molar-refractivity contribution < 1.29 is 9.59 Å². The second-order valence-electron chi connectivity index (χ2n) is 6.15. The van der Waals surface area contributed by atoms with Crippen molar-refractivity contribution in [1.82, 2.24) is 19.6 Å². The van der Waals surface area contributed by atoms with Gasteiger partial charge < -0.3 is 4.90 Å². The van der Waals surface area contributed by atoms with Crippen LogP contribution in [0.3, 0.4) is 0 Å². The lowest BCUT2D eigenvalue weighted by molar-refractivity contribution is -0.125. The highest BCUT2D eigenvalue weighted by molar-refractivity contribution is 6.02. The number of para-hydroxylation sites is 1. The van der Waals surface area contributed by atoms with E-state index in [0.717, 1.165) is 29.8 Å². The van der Waals surface area contributed by atoms with Crippen LogP contribution in [0.2, 0.25) is 0 Å². The number of amides is 3. The van der Waals surface area contributed by atoms with Crippen LogP contribution in [0.1, 0.15) is 24.1 Å². The number of imide groups is 1. The Bertz CT molecular complexity index is 778. The second kappa shape index (κ2) is 5.22. The predicted octanol–water partition coefficient (Wildman–Crippen LogP) is 2.11. The molecule has 2 aromatic rings. The second-order valence-corrected chi connectivity index (χ2v) is 6.15. The molecule has 2 aliphatic rings. The highest BCUT2D eigenvalue weighted by atomic mass is 16.2. The molecule has 6 nitrogen and oxygen atoms in total. The predicted molar refractivity (Wildman–Crippen MR) is 84.0 cm³/mol. The molecule has 6 heteroatoms. The van der Waals surface area contributed by atoms with Crippen LogP contribution in [-0.4, -0.2) is 44.1 Å². The fourth-order valence-electron chi connectivity index (χ4n) is 2.98. The highest BCUT2D eigenvalue weighted by Gasteiger charge is 2.43. The van der Waals surface area contributed by atoms with Gasteiger partial charge in [0.2, 0.25) is 0 Å². The third-order valence-electron chi connectivity index (χ3n) is 4.36. The van der Waals surface area contributed by atoms with Crippen LogP contribution >= 0.6 is 0 Å². The molecular formula is C17H18N4O2. The number of benzene rings is 1. The minimum Gasteiger partial charge on any atom is -0.312 e. The van der Waals surface area contributed by atoms with Crippen molar-refractivity contribution in [2.24, 2.45) is 0 Å². The van der Waals surface area contributed by atoms with E-state index in [4.69, 9.17) is 0 Å². The number of aromatic nitrogens is 2. The molecule has 2 fully saturated rings. The first-order chi connectivity index (χ1) is 11.1. The van der Waals surface area contributed by atoms with Gasteiger partial charge in [-0.1, -0.05) is 18.2 Å². The molecule has 1 aliphatic carbocycles. The van der Waals surface area contributed by atoms with E-state index in [2.05, 4.69) is 5.10 Å². The van der Waals surface area contributed by atoms with Gasteiger partial charge in [-0.05, 0) is 37.5 Å². The fourth-order valence-corrected chi connectivity index (χ4v) is 2.98.